The maximum atomic E-state index is 5.60. The van der Waals surface area contributed by atoms with Crippen LogP contribution >= 0.6 is 0 Å². The van der Waals surface area contributed by atoms with E-state index in [2.05, 4.69) is 22.1 Å². The molecule has 3 rings (SSSR count). The number of rotatable bonds is 3. The molecule has 2 saturated heterocycles. The monoisotopic (exact) mass is 249 g/mol. The smallest absolute Gasteiger partial charge is 0.211 e. The van der Waals surface area contributed by atoms with Crippen LogP contribution in [0, 0.1) is 6.92 Å². The maximum Gasteiger partial charge on any atom is 0.211 e. The first-order chi connectivity index (χ1) is 8.74. The first-order valence-corrected chi connectivity index (χ1v) is 7.16. The second-order valence-corrected chi connectivity index (χ2v) is 5.69. The molecule has 0 spiro atoms. The van der Waals surface area contributed by atoms with Crippen LogP contribution in [0.1, 0.15) is 50.3 Å². The number of hydrogen-bond donors (Lipinski definition) is 1. The fourth-order valence-electron chi connectivity index (χ4n) is 3.41. The number of piperidine rings is 1. The van der Waals surface area contributed by atoms with Gasteiger partial charge in [-0.15, -0.1) is 0 Å². The summed E-state index contributed by atoms with van der Waals surface area (Å²) in [4.78, 5) is 6.97. The van der Waals surface area contributed by atoms with Gasteiger partial charge in [-0.05, 0) is 39.7 Å². The molecule has 4 nitrogen and oxygen atoms in total. The van der Waals surface area contributed by atoms with E-state index in [1.54, 1.807) is 6.20 Å². The van der Waals surface area contributed by atoms with Gasteiger partial charge >= 0.3 is 0 Å². The molecule has 3 unspecified atom stereocenters. The standard InChI is InChI=1S/C14H23N3O/c1-10-9-15-14(18-10)11(2)16-12-6-8-17-7-4-3-5-13(12)17/h9,11-13,16H,3-8H2,1-2H3. The molecule has 1 N–H and O–H groups in total. The highest BCUT2D eigenvalue weighted by atomic mass is 16.4. The predicted molar refractivity (Wildman–Crippen MR) is 70.4 cm³/mol. The quantitative estimate of drug-likeness (QED) is 0.892. The minimum atomic E-state index is 0.213. The van der Waals surface area contributed by atoms with E-state index in [1.807, 2.05) is 6.92 Å². The summed E-state index contributed by atoms with van der Waals surface area (Å²) in [7, 11) is 0. The topological polar surface area (TPSA) is 41.3 Å². The Labute approximate surface area is 109 Å². The van der Waals surface area contributed by atoms with Crippen molar-refractivity contribution in [3.05, 3.63) is 17.8 Å². The van der Waals surface area contributed by atoms with Crippen LogP contribution in [0.5, 0.6) is 0 Å². The Morgan fingerprint density at radius 2 is 2.28 bits per heavy atom. The predicted octanol–water partition coefficient (Wildman–Crippen LogP) is 2.26. The average molecular weight is 249 g/mol. The fraction of sp³-hybridized carbons (Fsp3) is 0.786. The first kappa shape index (κ1) is 12.2. The summed E-state index contributed by atoms with van der Waals surface area (Å²) in [5, 5.41) is 3.71. The van der Waals surface area contributed by atoms with E-state index in [4.69, 9.17) is 4.42 Å². The Kier molecular flexibility index (Phi) is 3.39. The van der Waals surface area contributed by atoms with Crippen molar-refractivity contribution in [1.29, 1.82) is 0 Å². The highest BCUT2D eigenvalue weighted by molar-refractivity contribution is 4.99. The Morgan fingerprint density at radius 3 is 3.06 bits per heavy atom. The minimum Gasteiger partial charge on any atom is -0.444 e. The summed E-state index contributed by atoms with van der Waals surface area (Å²) in [5.41, 5.74) is 0. The van der Waals surface area contributed by atoms with Gasteiger partial charge in [0, 0.05) is 18.6 Å². The van der Waals surface area contributed by atoms with Crippen LogP contribution in [0.15, 0.2) is 10.6 Å². The van der Waals surface area contributed by atoms with Crippen molar-refractivity contribution in [3.63, 3.8) is 0 Å². The van der Waals surface area contributed by atoms with Gasteiger partial charge in [-0.3, -0.25) is 4.90 Å². The number of hydrogen-bond acceptors (Lipinski definition) is 4. The van der Waals surface area contributed by atoms with Gasteiger partial charge in [0.1, 0.15) is 5.76 Å². The molecule has 0 aromatic carbocycles. The van der Waals surface area contributed by atoms with Gasteiger partial charge in [-0.25, -0.2) is 4.98 Å². The number of fused-ring (bicyclic) bond motifs is 1. The lowest BCUT2D eigenvalue weighted by atomic mass is 9.98. The van der Waals surface area contributed by atoms with Gasteiger partial charge in [0.25, 0.3) is 0 Å². The third-order valence-electron chi connectivity index (χ3n) is 4.33. The Hall–Kier alpha value is -0.870. The van der Waals surface area contributed by atoms with Gasteiger partial charge in [0.2, 0.25) is 5.89 Å². The molecule has 2 aliphatic rings. The highest BCUT2D eigenvalue weighted by Gasteiger charge is 2.36. The molecule has 0 aliphatic carbocycles. The van der Waals surface area contributed by atoms with E-state index in [1.165, 1.54) is 38.8 Å². The molecule has 3 atom stereocenters. The lowest BCUT2D eigenvalue weighted by Crippen LogP contribution is -2.45. The molecule has 3 heterocycles. The molecular formula is C14H23N3O. The van der Waals surface area contributed by atoms with Crippen molar-refractivity contribution < 1.29 is 4.42 Å². The molecule has 0 radical (unpaired) electrons. The van der Waals surface area contributed by atoms with Gasteiger partial charge < -0.3 is 9.73 Å². The fourth-order valence-corrected chi connectivity index (χ4v) is 3.41. The van der Waals surface area contributed by atoms with Gasteiger partial charge in [0.15, 0.2) is 0 Å². The molecule has 1 aromatic rings. The van der Waals surface area contributed by atoms with Crippen molar-refractivity contribution in [2.75, 3.05) is 13.1 Å². The number of oxazole rings is 1. The molecule has 18 heavy (non-hydrogen) atoms. The lowest BCUT2D eigenvalue weighted by molar-refractivity contribution is 0.175. The molecule has 2 fully saturated rings. The van der Waals surface area contributed by atoms with E-state index in [0.717, 1.165) is 17.7 Å². The van der Waals surface area contributed by atoms with Crippen molar-refractivity contribution in [2.24, 2.45) is 0 Å². The summed E-state index contributed by atoms with van der Waals surface area (Å²) < 4.78 is 5.60. The Morgan fingerprint density at radius 1 is 1.39 bits per heavy atom. The molecule has 0 bridgehead atoms. The third kappa shape index (κ3) is 2.31. The van der Waals surface area contributed by atoms with E-state index >= 15 is 0 Å². The normalized spacial score (nSPS) is 30.3. The average Bonchev–Trinajstić information content (AvgIpc) is 2.97. The minimum absolute atomic E-state index is 0.213. The second kappa shape index (κ2) is 5.02. The van der Waals surface area contributed by atoms with Crippen molar-refractivity contribution in [3.8, 4) is 0 Å². The van der Waals surface area contributed by atoms with Crippen molar-refractivity contribution in [1.82, 2.24) is 15.2 Å². The summed E-state index contributed by atoms with van der Waals surface area (Å²) >= 11 is 0. The second-order valence-electron chi connectivity index (χ2n) is 5.69. The zero-order valence-corrected chi connectivity index (χ0v) is 11.4. The van der Waals surface area contributed by atoms with Gasteiger partial charge in [-0.1, -0.05) is 6.42 Å². The van der Waals surface area contributed by atoms with Crippen molar-refractivity contribution >= 4 is 0 Å². The van der Waals surface area contributed by atoms with Crippen LogP contribution in [0.3, 0.4) is 0 Å². The lowest BCUT2D eigenvalue weighted by Gasteiger charge is -2.33. The van der Waals surface area contributed by atoms with Crippen LogP contribution in [0.4, 0.5) is 0 Å². The Balaban J connectivity index is 1.62. The zero-order valence-electron chi connectivity index (χ0n) is 11.4. The van der Waals surface area contributed by atoms with Crippen LogP contribution in [0.25, 0.3) is 0 Å². The van der Waals surface area contributed by atoms with Gasteiger partial charge in [0.05, 0.1) is 12.2 Å². The molecule has 2 aliphatic heterocycles. The molecule has 0 saturated carbocycles. The number of aryl methyl sites for hydroxylation is 1. The Bertz CT molecular complexity index is 403. The van der Waals surface area contributed by atoms with Crippen LogP contribution < -0.4 is 5.32 Å². The molecule has 4 heteroatoms. The number of nitrogens with one attached hydrogen (secondary N) is 1. The van der Waals surface area contributed by atoms with Crippen LogP contribution in [-0.2, 0) is 0 Å². The van der Waals surface area contributed by atoms with E-state index in [0.29, 0.717) is 6.04 Å². The molecule has 0 amide bonds. The first-order valence-electron chi connectivity index (χ1n) is 7.16. The summed E-state index contributed by atoms with van der Waals surface area (Å²) in [5.74, 6) is 1.71. The summed E-state index contributed by atoms with van der Waals surface area (Å²) in [6.07, 6.45) is 7.16. The third-order valence-corrected chi connectivity index (χ3v) is 4.33. The molecular weight excluding hydrogens is 226 g/mol. The van der Waals surface area contributed by atoms with Crippen LogP contribution in [-0.4, -0.2) is 35.1 Å². The summed E-state index contributed by atoms with van der Waals surface area (Å²) in [6, 6.07) is 1.55. The summed E-state index contributed by atoms with van der Waals surface area (Å²) in [6.45, 7) is 6.63. The van der Waals surface area contributed by atoms with Crippen molar-refractivity contribution in [2.45, 2.75) is 57.7 Å². The van der Waals surface area contributed by atoms with Crippen LogP contribution in [0.2, 0.25) is 0 Å². The van der Waals surface area contributed by atoms with Gasteiger partial charge in [-0.2, -0.15) is 0 Å². The maximum absolute atomic E-state index is 5.60. The molecule has 100 valence electrons. The van der Waals surface area contributed by atoms with E-state index in [-0.39, 0.29) is 6.04 Å². The largest absolute Gasteiger partial charge is 0.444 e. The van der Waals surface area contributed by atoms with E-state index in [9.17, 15) is 0 Å². The highest BCUT2D eigenvalue weighted by Crippen LogP contribution is 2.28. The van der Waals surface area contributed by atoms with E-state index < -0.39 is 0 Å². The SMILES string of the molecule is Cc1cnc(C(C)NC2CCN3CCCCC23)o1. The number of nitrogens with zero attached hydrogens (tertiary/aromatic N) is 2. The number of aromatic nitrogens is 1. The zero-order chi connectivity index (χ0) is 12.5. The molecule has 1 aromatic heterocycles.